The normalized spacial score (nSPS) is 10.5. The monoisotopic (exact) mass is 214 g/mol. The van der Waals surface area contributed by atoms with Crippen LogP contribution in [0.1, 0.15) is 19.4 Å². The second-order valence-electron chi connectivity index (χ2n) is 3.51. The van der Waals surface area contributed by atoms with Crippen LogP contribution in [-0.4, -0.2) is 5.97 Å². The van der Waals surface area contributed by atoms with Crippen molar-refractivity contribution in [3.05, 3.63) is 35.4 Å². The third-order valence-electron chi connectivity index (χ3n) is 1.84. The number of carbonyl (C=O) groups excluding carboxylic acids is 1. The molecule has 0 N–H and O–H groups in total. The van der Waals surface area contributed by atoms with Crippen LogP contribution < -0.4 is 0 Å². The molecule has 1 aromatic rings. The SMILES string of the molecule is CC(C)C(=O)OCc1ccc(F)c(F)c1. The van der Waals surface area contributed by atoms with Gasteiger partial charge in [0.2, 0.25) is 0 Å². The molecule has 0 radical (unpaired) electrons. The molecule has 0 aromatic heterocycles. The van der Waals surface area contributed by atoms with Gasteiger partial charge in [0.05, 0.1) is 5.92 Å². The summed E-state index contributed by atoms with van der Waals surface area (Å²) in [6.07, 6.45) is 0. The molecule has 4 heteroatoms. The van der Waals surface area contributed by atoms with Crippen LogP contribution in [0, 0.1) is 17.6 Å². The molecular weight excluding hydrogens is 202 g/mol. The molecule has 2 nitrogen and oxygen atoms in total. The molecule has 0 saturated heterocycles. The Morgan fingerprint density at radius 3 is 2.53 bits per heavy atom. The Kier molecular flexibility index (Phi) is 3.77. The standard InChI is InChI=1S/C11H12F2O2/c1-7(2)11(14)15-6-8-3-4-9(12)10(13)5-8/h3-5,7H,6H2,1-2H3. The molecule has 0 amide bonds. The van der Waals surface area contributed by atoms with Crippen LogP contribution in [0.15, 0.2) is 18.2 Å². The van der Waals surface area contributed by atoms with Crippen LogP contribution >= 0.6 is 0 Å². The molecule has 82 valence electrons. The van der Waals surface area contributed by atoms with Crippen molar-refractivity contribution in [1.29, 1.82) is 0 Å². The Balaban J connectivity index is 2.58. The fourth-order valence-corrected chi connectivity index (χ4v) is 0.951. The lowest BCUT2D eigenvalue weighted by Gasteiger charge is -2.07. The molecule has 15 heavy (non-hydrogen) atoms. The largest absolute Gasteiger partial charge is 0.461 e. The summed E-state index contributed by atoms with van der Waals surface area (Å²) in [6.45, 7) is 3.37. The molecule has 0 aliphatic rings. The highest BCUT2D eigenvalue weighted by Crippen LogP contribution is 2.10. The maximum atomic E-state index is 12.7. The average molecular weight is 214 g/mol. The van der Waals surface area contributed by atoms with Gasteiger partial charge in [0.1, 0.15) is 6.61 Å². The molecule has 0 aliphatic carbocycles. The summed E-state index contributed by atoms with van der Waals surface area (Å²) in [7, 11) is 0. The summed E-state index contributed by atoms with van der Waals surface area (Å²) >= 11 is 0. The fraction of sp³-hybridized carbons (Fsp3) is 0.364. The number of halogens is 2. The van der Waals surface area contributed by atoms with E-state index >= 15 is 0 Å². The smallest absolute Gasteiger partial charge is 0.308 e. The van der Waals surface area contributed by atoms with Gasteiger partial charge in [0.15, 0.2) is 11.6 Å². The van der Waals surface area contributed by atoms with Gasteiger partial charge >= 0.3 is 5.97 Å². The zero-order valence-electron chi connectivity index (χ0n) is 8.59. The number of rotatable bonds is 3. The third kappa shape index (κ3) is 3.31. The molecule has 0 aliphatic heterocycles. The van der Waals surface area contributed by atoms with Gasteiger partial charge in [-0.1, -0.05) is 19.9 Å². The fourth-order valence-electron chi connectivity index (χ4n) is 0.951. The van der Waals surface area contributed by atoms with Crippen LogP contribution in [0.4, 0.5) is 8.78 Å². The van der Waals surface area contributed by atoms with Crippen molar-refractivity contribution in [3.8, 4) is 0 Å². The van der Waals surface area contributed by atoms with E-state index in [0.717, 1.165) is 12.1 Å². The molecule has 0 atom stereocenters. The third-order valence-corrected chi connectivity index (χ3v) is 1.84. The molecule has 1 rings (SSSR count). The summed E-state index contributed by atoms with van der Waals surface area (Å²) in [5, 5.41) is 0. The Morgan fingerprint density at radius 2 is 2.00 bits per heavy atom. The summed E-state index contributed by atoms with van der Waals surface area (Å²) in [6, 6.07) is 3.41. The van der Waals surface area contributed by atoms with Crippen LogP contribution in [0.5, 0.6) is 0 Å². The van der Waals surface area contributed by atoms with E-state index in [0.29, 0.717) is 5.56 Å². The van der Waals surface area contributed by atoms with Crippen LogP contribution in [0.3, 0.4) is 0 Å². The van der Waals surface area contributed by atoms with Crippen molar-refractivity contribution in [2.45, 2.75) is 20.5 Å². The average Bonchev–Trinajstić information content (AvgIpc) is 2.19. The van der Waals surface area contributed by atoms with E-state index in [1.807, 2.05) is 0 Å². The van der Waals surface area contributed by atoms with Crippen LogP contribution in [0.25, 0.3) is 0 Å². The molecule has 0 spiro atoms. The molecule has 0 unspecified atom stereocenters. The van der Waals surface area contributed by atoms with Gasteiger partial charge in [0.25, 0.3) is 0 Å². The van der Waals surface area contributed by atoms with Gasteiger partial charge in [0, 0.05) is 0 Å². The lowest BCUT2D eigenvalue weighted by Crippen LogP contribution is -2.11. The highest BCUT2D eigenvalue weighted by Gasteiger charge is 2.09. The first-order valence-corrected chi connectivity index (χ1v) is 4.61. The van der Waals surface area contributed by atoms with E-state index in [-0.39, 0.29) is 18.5 Å². The first-order chi connectivity index (χ1) is 7.00. The number of ether oxygens (including phenoxy) is 1. The maximum Gasteiger partial charge on any atom is 0.308 e. The van der Waals surface area contributed by atoms with Crippen molar-refractivity contribution in [2.24, 2.45) is 5.92 Å². The van der Waals surface area contributed by atoms with Crippen LogP contribution in [-0.2, 0) is 16.1 Å². The van der Waals surface area contributed by atoms with Gasteiger partial charge in [-0.05, 0) is 17.7 Å². The Morgan fingerprint density at radius 1 is 1.33 bits per heavy atom. The Bertz CT molecular complexity index is 362. The predicted molar refractivity (Wildman–Crippen MR) is 51.0 cm³/mol. The summed E-state index contributed by atoms with van der Waals surface area (Å²) < 4.78 is 30.1. The van der Waals surface area contributed by atoms with Crippen molar-refractivity contribution >= 4 is 5.97 Å². The predicted octanol–water partition coefficient (Wildman–Crippen LogP) is 2.66. The second kappa shape index (κ2) is 4.87. The minimum absolute atomic E-state index is 0.0335. The Labute approximate surface area is 86.9 Å². The molecule has 0 heterocycles. The van der Waals surface area contributed by atoms with E-state index < -0.39 is 11.6 Å². The number of hydrogen-bond acceptors (Lipinski definition) is 2. The zero-order chi connectivity index (χ0) is 11.4. The van der Waals surface area contributed by atoms with Crippen LogP contribution in [0.2, 0.25) is 0 Å². The van der Waals surface area contributed by atoms with E-state index in [9.17, 15) is 13.6 Å². The van der Waals surface area contributed by atoms with Crippen molar-refractivity contribution in [2.75, 3.05) is 0 Å². The van der Waals surface area contributed by atoms with Crippen molar-refractivity contribution < 1.29 is 18.3 Å². The molecule has 0 bridgehead atoms. The van der Waals surface area contributed by atoms with Gasteiger partial charge < -0.3 is 4.74 Å². The topological polar surface area (TPSA) is 26.3 Å². The first-order valence-electron chi connectivity index (χ1n) is 4.61. The first kappa shape index (κ1) is 11.6. The lowest BCUT2D eigenvalue weighted by molar-refractivity contribution is -0.148. The molecule has 1 aromatic carbocycles. The number of esters is 1. The quantitative estimate of drug-likeness (QED) is 0.723. The van der Waals surface area contributed by atoms with Gasteiger partial charge in [-0.15, -0.1) is 0 Å². The summed E-state index contributed by atoms with van der Waals surface area (Å²) in [4.78, 5) is 11.1. The van der Waals surface area contributed by atoms with Crippen molar-refractivity contribution in [3.63, 3.8) is 0 Å². The van der Waals surface area contributed by atoms with E-state index in [2.05, 4.69) is 0 Å². The highest BCUT2D eigenvalue weighted by atomic mass is 19.2. The summed E-state index contributed by atoms with van der Waals surface area (Å²) in [5.41, 5.74) is 0.433. The van der Waals surface area contributed by atoms with Crippen molar-refractivity contribution in [1.82, 2.24) is 0 Å². The number of benzene rings is 1. The van der Waals surface area contributed by atoms with E-state index in [1.54, 1.807) is 13.8 Å². The maximum absolute atomic E-state index is 12.7. The van der Waals surface area contributed by atoms with E-state index in [1.165, 1.54) is 6.07 Å². The van der Waals surface area contributed by atoms with E-state index in [4.69, 9.17) is 4.74 Å². The lowest BCUT2D eigenvalue weighted by atomic mass is 10.2. The number of carbonyl (C=O) groups is 1. The molecular formula is C11H12F2O2. The van der Waals surface area contributed by atoms with Gasteiger partial charge in [-0.2, -0.15) is 0 Å². The minimum Gasteiger partial charge on any atom is -0.461 e. The number of hydrogen-bond donors (Lipinski definition) is 0. The summed E-state index contributed by atoms with van der Waals surface area (Å²) in [5.74, 6) is -2.43. The minimum atomic E-state index is -0.937. The second-order valence-corrected chi connectivity index (χ2v) is 3.51. The Hall–Kier alpha value is -1.45. The van der Waals surface area contributed by atoms with Gasteiger partial charge in [-0.3, -0.25) is 4.79 Å². The molecule has 0 fully saturated rings. The van der Waals surface area contributed by atoms with Gasteiger partial charge in [-0.25, -0.2) is 8.78 Å². The highest BCUT2D eigenvalue weighted by molar-refractivity contribution is 5.71. The zero-order valence-corrected chi connectivity index (χ0v) is 8.59. The molecule has 0 saturated carbocycles.